The molecule has 0 heterocycles. The summed E-state index contributed by atoms with van der Waals surface area (Å²) < 4.78 is 13.2. The molecule has 2 aromatic rings. The van der Waals surface area contributed by atoms with E-state index in [9.17, 15) is 9.18 Å². The Morgan fingerprint density at radius 1 is 1.06 bits per heavy atom. The lowest BCUT2D eigenvalue weighted by Crippen LogP contribution is -1.92. The summed E-state index contributed by atoms with van der Waals surface area (Å²) in [5, 5.41) is 0. The highest BCUT2D eigenvalue weighted by molar-refractivity contribution is 5.80. The Labute approximate surface area is 99.9 Å². The smallest absolute Gasteiger partial charge is 0.150 e. The predicted molar refractivity (Wildman–Crippen MR) is 66.7 cm³/mol. The van der Waals surface area contributed by atoms with Crippen molar-refractivity contribution >= 4 is 6.29 Å². The first-order valence-electron chi connectivity index (χ1n) is 5.44. The second-order valence-corrected chi connectivity index (χ2v) is 4.16. The van der Waals surface area contributed by atoms with E-state index in [1.807, 2.05) is 32.0 Å². The third-order valence-electron chi connectivity index (χ3n) is 2.80. The quantitative estimate of drug-likeness (QED) is 0.712. The monoisotopic (exact) mass is 228 g/mol. The Balaban J connectivity index is 2.63. The van der Waals surface area contributed by atoms with Gasteiger partial charge in [0.25, 0.3) is 0 Å². The van der Waals surface area contributed by atoms with E-state index in [1.54, 1.807) is 6.07 Å². The topological polar surface area (TPSA) is 17.1 Å². The molecule has 0 atom stereocenters. The number of rotatable bonds is 2. The summed E-state index contributed by atoms with van der Waals surface area (Å²) >= 11 is 0. The lowest BCUT2D eigenvalue weighted by molar-refractivity contribution is 0.112. The van der Waals surface area contributed by atoms with E-state index in [4.69, 9.17) is 0 Å². The van der Waals surface area contributed by atoms with Crippen LogP contribution in [-0.2, 0) is 0 Å². The largest absolute Gasteiger partial charge is 0.298 e. The van der Waals surface area contributed by atoms with Gasteiger partial charge in [0.1, 0.15) is 12.1 Å². The van der Waals surface area contributed by atoms with Gasteiger partial charge in [-0.15, -0.1) is 0 Å². The maximum atomic E-state index is 13.2. The van der Waals surface area contributed by atoms with Crippen LogP contribution in [0, 0.1) is 19.7 Å². The molecule has 17 heavy (non-hydrogen) atoms. The second-order valence-electron chi connectivity index (χ2n) is 4.16. The van der Waals surface area contributed by atoms with Crippen LogP contribution in [0.3, 0.4) is 0 Å². The Hall–Kier alpha value is -1.96. The summed E-state index contributed by atoms with van der Waals surface area (Å²) in [7, 11) is 0. The lowest BCUT2D eigenvalue weighted by Gasteiger charge is -2.11. The molecule has 2 aromatic carbocycles. The van der Waals surface area contributed by atoms with Gasteiger partial charge in [-0.05, 0) is 60.4 Å². The molecule has 0 N–H and O–H groups in total. The molecule has 0 aliphatic carbocycles. The van der Waals surface area contributed by atoms with Crippen LogP contribution >= 0.6 is 0 Å². The normalized spacial score (nSPS) is 10.3. The minimum Gasteiger partial charge on any atom is -0.298 e. The first kappa shape index (κ1) is 11.5. The average Bonchev–Trinajstić information content (AvgIpc) is 2.28. The molecule has 0 bridgehead atoms. The van der Waals surface area contributed by atoms with E-state index >= 15 is 0 Å². The number of aryl methyl sites for hydroxylation is 2. The Morgan fingerprint density at radius 2 is 1.71 bits per heavy atom. The van der Waals surface area contributed by atoms with Crippen molar-refractivity contribution in [2.24, 2.45) is 0 Å². The van der Waals surface area contributed by atoms with Gasteiger partial charge in [0.15, 0.2) is 0 Å². The number of carbonyl (C=O) groups is 1. The molecule has 0 radical (unpaired) electrons. The first-order chi connectivity index (χ1) is 8.11. The second kappa shape index (κ2) is 4.50. The van der Waals surface area contributed by atoms with Gasteiger partial charge in [-0.25, -0.2) is 4.39 Å². The molecule has 2 rings (SSSR count). The Morgan fingerprint density at radius 3 is 2.24 bits per heavy atom. The maximum absolute atomic E-state index is 13.2. The van der Waals surface area contributed by atoms with Crippen molar-refractivity contribution in [3.8, 4) is 11.1 Å². The minimum absolute atomic E-state index is 0.249. The van der Waals surface area contributed by atoms with Gasteiger partial charge in [-0.2, -0.15) is 0 Å². The molecule has 0 amide bonds. The van der Waals surface area contributed by atoms with Crippen molar-refractivity contribution in [1.29, 1.82) is 0 Å². The summed E-state index contributed by atoms with van der Waals surface area (Å²) in [5.41, 5.74) is 4.46. The fraction of sp³-hybridized carbons (Fsp3) is 0.133. The number of halogens is 1. The lowest BCUT2D eigenvalue weighted by atomic mass is 9.94. The summed E-state index contributed by atoms with van der Waals surface area (Å²) in [6.45, 7) is 3.86. The zero-order valence-corrected chi connectivity index (χ0v) is 9.83. The van der Waals surface area contributed by atoms with E-state index in [1.165, 1.54) is 12.1 Å². The number of aldehydes is 1. The summed E-state index contributed by atoms with van der Waals surface area (Å²) in [6, 6.07) is 10.1. The van der Waals surface area contributed by atoms with Gasteiger partial charge in [-0.3, -0.25) is 4.79 Å². The van der Waals surface area contributed by atoms with Crippen LogP contribution in [0.25, 0.3) is 11.1 Å². The first-order valence-corrected chi connectivity index (χ1v) is 5.44. The number of carbonyl (C=O) groups excluding carboxylic acids is 1. The van der Waals surface area contributed by atoms with E-state index in [0.717, 1.165) is 28.5 Å². The van der Waals surface area contributed by atoms with Crippen molar-refractivity contribution in [2.75, 3.05) is 0 Å². The van der Waals surface area contributed by atoms with Crippen LogP contribution in [0.15, 0.2) is 36.4 Å². The fourth-order valence-electron chi connectivity index (χ4n) is 2.16. The Kier molecular flexibility index (Phi) is 3.05. The van der Waals surface area contributed by atoms with Crippen LogP contribution in [0.2, 0.25) is 0 Å². The summed E-state index contributed by atoms with van der Waals surface area (Å²) in [5.74, 6) is -0.249. The molecule has 86 valence electrons. The number of hydrogen-bond donors (Lipinski definition) is 0. The zero-order chi connectivity index (χ0) is 12.4. The SMILES string of the molecule is Cc1cc(C=O)cc(C)c1-c1cccc(F)c1. The zero-order valence-electron chi connectivity index (χ0n) is 9.83. The van der Waals surface area contributed by atoms with Crippen molar-refractivity contribution < 1.29 is 9.18 Å². The molecular weight excluding hydrogens is 215 g/mol. The molecule has 2 heteroatoms. The third-order valence-corrected chi connectivity index (χ3v) is 2.80. The van der Waals surface area contributed by atoms with Crippen molar-refractivity contribution in [3.63, 3.8) is 0 Å². The van der Waals surface area contributed by atoms with E-state index in [2.05, 4.69) is 0 Å². The van der Waals surface area contributed by atoms with Gasteiger partial charge in [-0.1, -0.05) is 12.1 Å². The highest BCUT2D eigenvalue weighted by atomic mass is 19.1. The van der Waals surface area contributed by atoms with Crippen LogP contribution in [-0.4, -0.2) is 6.29 Å². The number of hydrogen-bond acceptors (Lipinski definition) is 1. The van der Waals surface area contributed by atoms with Crippen LogP contribution in [0.1, 0.15) is 21.5 Å². The number of benzene rings is 2. The van der Waals surface area contributed by atoms with E-state index in [-0.39, 0.29) is 5.82 Å². The van der Waals surface area contributed by atoms with E-state index < -0.39 is 0 Å². The molecule has 0 fully saturated rings. The third kappa shape index (κ3) is 2.26. The van der Waals surface area contributed by atoms with Crippen molar-refractivity contribution in [1.82, 2.24) is 0 Å². The highest BCUT2D eigenvalue weighted by Crippen LogP contribution is 2.28. The van der Waals surface area contributed by atoms with E-state index in [0.29, 0.717) is 5.56 Å². The van der Waals surface area contributed by atoms with Gasteiger partial charge >= 0.3 is 0 Å². The predicted octanol–water partition coefficient (Wildman–Crippen LogP) is 3.92. The fourth-order valence-corrected chi connectivity index (χ4v) is 2.16. The van der Waals surface area contributed by atoms with Crippen LogP contribution < -0.4 is 0 Å². The van der Waals surface area contributed by atoms with Crippen molar-refractivity contribution in [3.05, 3.63) is 58.9 Å². The molecule has 0 unspecified atom stereocenters. The minimum atomic E-state index is -0.249. The van der Waals surface area contributed by atoms with Crippen LogP contribution in [0.4, 0.5) is 4.39 Å². The molecular formula is C15H13FO. The van der Waals surface area contributed by atoms with Gasteiger partial charge in [0.2, 0.25) is 0 Å². The van der Waals surface area contributed by atoms with Gasteiger partial charge < -0.3 is 0 Å². The maximum Gasteiger partial charge on any atom is 0.150 e. The average molecular weight is 228 g/mol. The van der Waals surface area contributed by atoms with Crippen molar-refractivity contribution in [2.45, 2.75) is 13.8 Å². The van der Waals surface area contributed by atoms with Gasteiger partial charge in [0, 0.05) is 5.56 Å². The molecule has 0 aromatic heterocycles. The molecule has 0 aliphatic rings. The highest BCUT2D eigenvalue weighted by Gasteiger charge is 2.08. The molecule has 0 aliphatic heterocycles. The molecule has 0 saturated heterocycles. The Bertz CT molecular complexity index is 550. The van der Waals surface area contributed by atoms with Crippen LogP contribution in [0.5, 0.6) is 0 Å². The van der Waals surface area contributed by atoms with Gasteiger partial charge in [0.05, 0.1) is 0 Å². The summed E-state index contributed by atoms with van der Waals surface area (Å²) in [4.78, 5) is 10.8. The molecule has 1 nitrogen and oxygen atoms in total. The summed E-state index contributed by atoms with van der Waals surface area (Å²) in [6.07, 6.45) is 0.829. The standard InChI is InChI=1S/C15H13FO/c1-10-6-12(9-17)7-11(2)15(10)13-4-3-5-14(16)8-13/h3-9H,1-2H3. The molecule has 0 saturated carbocycles. The molecule has 0 spiro atoms.